The fourth-order valence-corrected chi connectivity index (χ4v) is 3.49. The number of hydrogen-bond donors (Lipinski definition) is 1. The maximum Gasteiger partial charge on any atom is 0.332 e. The highest BCUT2D eigenvalue weighted by Gasteiger charge is 2.20. The predicted octanol–water partition coefficient (Wildman–Crippen LogP) is 1.51. The molecular weight excluding hydrogens is 370 g/mol. The average molecular weight is 397 g/mol. The summed E-state index contributed by atoms with van der Waals surface area (Å²) in [6.45, 7) is 6.15. The minimum absolute atomic E-state index is 0.0553. The molecule has 0 saturated carbocycles. The Labute approximate surface area is 168 Å². The molecule has 1 N–H and O–H groups in total. The first-order valence-electron chi connectivity index (χ1n) is 9.73. The normalized spacial score (nSPS) is 12.5. The molecule has 0 radical (unpaired) electrons. The molecule has 8 heteroatoms. The van der Waals surface area contributed by atoms with E-state index >= 15 is 0 Å². The van der Waals surface area contributed by atoms with E-state index < -0.39 is 11.2 Å². The lowest BCUT2D eigenvalue weighted by molar-refractivity contribution is -0.122. The van der Waals surface area contributed by atoms with E-state index in [0.717, 1.165) is 16.6 Å². The SMILES string of the molecule is CCc1ccc(C(NC(=O)Cn2cnc3c2c(=O)n(C)c(=O)n3C)C(C)C)cc1. The molecule has 0 fully saturated rings. The van der Waals surface area contributed by atoms with Gasteiger partial charge in [0.1, 0.15) is 6.54 Å². The molecule has 0 saturated heterocycles. The summed E-state index contributed by atoms with van der Waals surface area (Å²) in [7, 11) is 2.96. The van der Waals surface area contributed by atoms with Crippen LogP contribution in [0.2, 0.25) is 0 Å². The number of carbonyl (C=O) groups is 1. The van der Waals surface area contributed by atoms with E-state index in [1.54, 1.807) is 7.05 Å². The summed E-state index contributed by atoms with van der Waals surface area (Å²) in [4.78, 5) is 41.5. The van der Waals surface area contributed by atoms with Gasteiger partial charge in [-0.1, -0.05) is 45.0 Å². The van der Waals surface area contributed by atoms with Gasteiger partial charge in [0.25, 0.3) is 5.56 Å². The zero-order valence-corrected chi connectivity index (χ0v) is 17.5. The second-order valence-corrected chi connectivity index (χ2v) is 7.63. The largest absolute Gasteiger partial charge is 0.347 e. The summed E-state index contributed by atoms with van der Waals surface area (Å²) in [5.74, 6) is -0.0295. The van der Waals surface area contributed by atoms with Crippen LogP contribution in [0.25, 0.3) is 11.2 Å². The lowest BCUT2D eigenvalue weighted by Gasteiger charge is -2.23. The van der Waals surface area contributed by atoms with Gasteiger partial charge in [0, 0.05) is 14.1 Å². The van der Waals surface area contributed by atoms with Gasteiger partial charge < -0.3 is 9.88 Å². The standard InChI is InChI=1S/C21H27N5O3/c1-6-14-7-9-15(10-8-14)17(13(2)3)23-16(27)11-26-12-22-19-18(26)20(28)25(5)21(29)24(19)4/h7-10,12-13,17H,6,11H2,1-5H3,(H,23,27). The maximum atomic E-state index is 12.8. The van der Waals surface area contributed by atoms with Gasteiger partial charge in [0.15, 0.2) is 11.2 Å². The van der Waals surface area contributed by atoms with Crippen molar-refractivity contribution in [3.8, 4) is 0 Å². The molecule has 2 heterocycles. The molecule has 1 aromatic carbocycles. The molecule has 3 aromatic rings. The van der Waals surface area contributed by atoms with Gasteiger partial charge in [0.05, 0.1) is 12.4 Å². The van der Waals surface area contributed by atoms with E-state index in [4.69, 9.17) is 0 Å². The Hall–Kier alpha value is -3.16. The van der Waals surface area contributed by atoms with E-state index in [-0.39, 0.29) is 35.6 Å². The second-order valence-electron chi connectivity index (χ2n) is 7.63. The van der Waals surface area contributed by atoms with Crippen LogP contribution in [0, 0.1) is 5.92 Å². The molecule has 8 nitrogen and oxygen atoms in total. The Kier molecular flexibility index (Phi) is 5.72. The van der Waals surface area contributed by atoms with Crippen molar-refractivity contribution in [3.63, 3.8) is 0 Å². The number of aromatic nitrogens is 4. The Balaban J connectivity index is 1.87. The van der Waals surface area contributed by atoms with Crippen molar-refractivity contribution in [1.82, 2.24) is 24.0 Å². The molecule has 1 amide bonds. The fraction of sp³-hybridized carbons (Fsp3) is 0.429. The minimum Gasteiger partial charge on any atom is -0.347 e. The number of fused-ring (bicyclic) bond motifs is 1. The molecule has 0 bridgehead atoms. The number of amides is 1. The lowest BCUT2D eigenvalue weighted by Crippen LogP contribution is -2.38. The van der Waals surface area contributed by atoms with Gasteiger partial charge in [-0.3, -0.25) is 18.7 Å². The summed E-state index contributed by atoms with van der Waals surface area (Å²) in [6.07, 6.45) is 2.38. The molecule has 1 atom stereocenters. The number of hydrogen-bond acceptors (Lipinski definition) is 4. The van der Waals surface area contributed by atoms with Gasteiger partial charge in [0.2, 0.25) is 5.91 Å². The van der Waals surface area contributed by atoms with Crippen molar-refractivity contribution in [2.45, 2.75) is 39.8 Å². The Morgan fingerprint density at radius 3 is 2.34 bits per heavy atom. The van der Waals surface area contributed by atoms with E-state index in [2.05, 4.69) is 43.2 Å². The highest BCUT2D eigenvalue weighted by Crippen LogP contribution is 2.22. The van der Waals surface area contributed by atoms with Crippen LogP contribution in [0.1, 0.15) is 37.9 Å². The van der Waals surface area contributed by atoms with Crippen LogP contribution >= 0.6 is 0 Å². The van der Waals surface area contributed by atoms with Crippen molar-refractivity contribution in [2.75, 3.05) is 0 Å². The van der Waals surface area contributed by atoms with Crippen molar-refractivity contribution < 1.29 is 4.79 Å². The first kappa shape index (κ1) is 20.6. The van der Waals surface area contributed by atoms with Crippen LogP contribution in [0.3, 0.4) is 0 Å². The highest BCUT2D eigenvalue weighted by molar-refractivity contribution is 5.79. The van der Waals surface area contributed by atoms with Crippen LogP contribution in [0.5, 0.6) is 0 Å². The quantitative estimate of drug-likeness (QED) is 0.683. The van der Waals surface area contributed by atoms with Gasteiger partial charge in [-0.2, -0.15) is 0 Å². The third-order valence-electron chi connectivity index (χ3n) is 5.26. The zero-order valence-electron chi connectivity index (χ0n) is 17.5. The van der Waals surface area contributed by atoms with Crippen molar-refractivity contribution in [1.29, 1.82) is 0 Å². The monoisotopic (exact) mass is 397 g/mol. The third kappa shape index (κ3) is 3.87. The number of nitrogens with one attached hydrogen (secondary N) is 1. The first-order valence-corrected chi connectivity index (χ1v) is 9.73. The van der Waals surface area contributed by atoms with E-state index in [1.165, 1.54) is 28.1 Å². The molecule has 0 aliphatic carbocycles. The van der Waals surface area contributed by atoms with Crippen LogP contribution in [-0.2, 0) is 31.9 Å². The van der Waals surface area contributed by atoms with Gasteiger partial charge >= 0.3 is 5.69 Å². The van der Waals surface area contributed by atoms with E-state index in [0.29, 0.717) is 0 Å². The Bertz CT molecular complexity index is 1150. The number of rotatable bonds is 6. The average Bonchev–Trinajstić information content (AvgIpc) is 3.12. The molecule has 0 spiro atoms. The summed E-state index contributed by atoms with van der Waals surface area (Å²) in [6, 6.07) is 8.09. The smallest absolute Gasteiger partial charge is 0.332 e. The number of benzene rings is 1. The maximum absolute atomic E-state index is 12.8. The summed E-state index contributed by atoms with van der Waals surface area (Å²) < 4.78 is 3.81. The number of carbonyl (C=O) groups excluding carboxylic acids is 1. The zero-order chi connectivity index (χ0) is 21.3. The third-order valence-corrected chi connectivity index (χ3v) is 5.26. The summed E-state index contributed by atoms with van der Waals surface area (Å²) >= 11 is 0. The number of nitrogens with zero attached hydrogens (tertiary/aromatic N) is 4. The molecule has 154 valence electrons. The van der Waals surface area contributed by atoms with Crippen LogP contribution in [-0.4, -0.2) is 24.6 Å². The van der Waals surface area contributed by atoms with Crippen LogP contribution < -0.4 is 16.6 Å². The highest BCUT2D eigenvalue weighted by atomic mass is 16.2. The predicted molar refractivity (Wildman–Crippen MR) is 112 cm³/mol. The summed E-state index contributed by atoms with van der Waals surface area (Å²) in [5.41, 5.74) is 1.87. The molecule has 0 aliphatic heterocycles. The van der Waals surface area contributed by atoms with Crippen molar-refractivity contribution in [3.05, 3.63) is 62.6 Å². The number of imidazole rings is 1. The molecule has 2 aromatic heterocycles. The molecule has 1 unspecified atom stereocenters. The van der Waals surface area contributed by atoms with Crippen molar-refractivity contribution in [2.24, 2.45) is 20.0 Å². The van der Waals surface area contributed by atoms with Gasteiger partial charge in [-0.15, -0.1) is 0 Å². The topological polar surface area (TPSA) is 90.9 Å². The molecule has 0 aliphatic rings. The van der Waals surface area contributed by atoms with E-state index in [9.17, 15) is 14.4 Å². The first-order chi connectivity index (χ1) is 13.7. The Morgan fingerprint density at radius 1 is 1.10 bits per heavy atom. The molecule has 29 heavy (non-hydrogen) atoms. The minimum atomic E-state index is -0.469. The van der Waals surface area contributed by atoms with Crippen LogP contribution in [0.15, 0.2) is 40.2 Å². The van der Waals surface area contributed by atoms with Crippen molar-refractivity contribution >= 4 is 17.1 Å². The fourth-order valence-electron chi connectivity index (χ4n) is 3.49. The van der Waals surface area contributed by atoms with Crippen LogP contribution in [0.4, 0.5) is 0 Å². The van der Waals surface area contributed by atoms with Gasteiger partial charge in [-0.05, 0) is 23.5 Å². The summed E-state index contributed by atoms with van der Waals surface area (Å²) in [5, 5.41) is 3.07. The van der Waals surface area contributed by atoms with E-state index in [1.807, 2.05) is 12.1 Å². The lowest BCUT2D eigenvalue weighted by atomic mass is 9.95. The molecular formula is C21H27N5O3. The second kappa shape index (κ2) is 8.06. The van der Waals surface area contributed by atoms with Gasteiger partial charge in [-0.25, -0.2) is 9.78 Å². The molecule has 3 rings (SSSR count). The number of aryl methyl sites for hydroxylation is 2. The Morgan fingerprint density at radius 2 is 1.76 bits per heavy atom.